The van der Waals surface area contributed by atoms with E-state index in [0.29, 0.717) is 6.29 Å². The summed E-state index contributed by atoms with van der Waals surface area (Å²) in [6.45, 7) is 0.564. The van der Waals surface area contributed by atoms with Gasteiger partial charge in [-0.15, -0.1) is 0 Å². The molecule has 0 heterocycles. The van der Waals surface area contributed by atoms with Gasteiger partial charge in [-0.2, -0.15) is 0 Å². The molecule has 7 nitrogen and oxygen atoms in total. The van der Waals surface area contributed by atoms with Gasteiger partial charge in [0.2, 0.25) is 5.91 Å². The van der Waals surface area contributed by atoms with Crippen molar-refractivity contribution in [2.24, 2.45) is 0 Å². The highest BCUT2D eigenvalue weighted by molar-refractivity contribution is 5.77. The summed E-state index contributed by atoms with van der Waals surface area (Å²) in [5, 5.41) is 29.9. The number of aliphatic hydroxyl groups excluding tert-OH is 3. The van der Waals surface area contributed by atoms with Gasteiger partial charge in [0.15, 0.2) is 0 Å². The molecule has 0 aliphatic rings. The van der Waals surface area contributed by atoms with Crippen LogP contribution in [-0.4, -0.2) is 65.6 Å². The van der Waals surface area contributed by atoms with Crippen molar-refractivity contribution >= 4 is 12.2 Å². The summed E-state index contributed by atoms with van der Waals surface area (Å²) in [5.74, 6) is -0.496. The second kappa shape index (κ2) is 7.29. The van der Waals surface area contributed by atoms with Crippen LogP contribution < -0.4 is 5.32 Å². The number of aliphatic hydroxyl groups is 3. The Labute approximate surface area is 93.0 Å². The Bertz CT molecular complexity index is 234. The van der Waals surface area contributed by atoms with Crippen LogP contribution in [0.2, 0.25) is 0 Å². The predicted molar refractivity (Wildman–Crippen MR) is 53.6 cm³/mol. The Balaban J connectivity index is 4.61. The monoisotopic (exact) mass is 235 g/mol. The lowest BCUT2D eigenvalue weighted by Gasteiger charge is -2.28. The highest BCUT2D eigenvalue weighted by Gasteiger charge is 2.33. The minimum Gasteiger partial charge on any atom is -0.394 e. The van der Waals surface area contributed by atoms with Crippen molar-refractivity contribution in [3.8, 4) is 0 Å². The number of rotatable bonds is 7. The fourth-order valence-corrected chi connectivity index (χ4v) is 1.27. The molecule has 94 valence electrons. The largest absolute Gasteiger partial charge is 0.394 e. The third-order valence-corrected chi connectivity index (χ3v) is 2.06. The Kier molecular flexibility index (Phi) is 6.82. The van der Waals surface area contributed by atoms with Crippen LogP contribution >= 0.6 is 0 Å². The maximum Gasteiger partial charge on any atom is 0.217 e. The maximum absolute atomic E-state index is 10.7. The van der Waals surface area contributed by atoms with Crippen LogP contribution in [0.4, 0.5) is 0 Å². The first-order chi connectivity index (χ1) is 7.47. The minimum absolute atomic E-state index is 0.335. The van der Waals surface area contributed by atoms with E-state index in [4.69, 9.17) is 9.84 Å². The molecule has 0 aromatic carbocycles. The zero-order valence-corrected chi connectivity index (χ0v) is 9.16. The van der Waals surface area contributed by atoms with Crippen LogP contribution in [0.25, 0.3) is 0 Å². The van der Waals surface area contributed by atoms with E-state index in [1.54, 1.807) is 0 Å². The number of methoxy groups -OCH3 is 1. The van der Waals surface area contributed by atoms with Crippen LogP contribution in [0.15, 0.2) is 0 Å². The predicted octanol–water partition coefficient (Wildman–Crippen LogP) is -2.58. The number of carbonyl (C=O) groups is 2. The van der Waals surface area contributed by atoms with E-state index >= 15 is 0 Å². The van der Waals surface area contributed by atoms with Crippen molar-refractivity contribution in [2.75, 3.05) is 13.7 Å². The number of amides is 1. The third-order valence-electron chi connectivity index (χ3n) is 2.06. The number of hydrogen-bond acceptors (Lipinski definition) is 6. The van der Waals surface area contributed by atoms with Crippen molar-refractivity contribution in [1.82, 2.24) is 5.32 Å². The normalized spacial score (nSPS) is 18.3. The van der Waals surface area contributed by atoms with Gasteiger partial charge in [-0.25, -0.2) is 0 Å². The molecule has 0 saturated heterocycles. The van der Waals surface area contributed by atoms with Crippen LogP contribution in [-0.2, 0) is 14.3 Å². The molecule has 0 aliphatic heterocycles. The summed E-state index contributed by atoms with van der Waals surface area (Å²) < 4.78 is 4.76. The summed E-state index contributed by atoms with van der Waals surface area (Å²) >= 11 is 0. The zero-order chi connectivity index (χ0) is 12.7. The van der Waals surface area contributed by atoms with Gasteiger partial charge in [0.25, 0.3) is 0 Å². The molecule has 0 unspecified atom stereocenters. The number of aldehydes is 1. The summed E-state index contributed by atoms with van der Waals surface area (Å²) in [6, 6.07) is -1.19. The Morgan fingerprint density at radius 3 is 2.38 bits per heavy atom. The summed E-state index contributed by atoms with van der Waals surface area (Å²) in [7, 11) is 1.21. The molecule has 0 bridgehead atoms. The van der Waals surface area contributed by atoms with Crippen LogP contribution in [0.3, 0.4) is 0 Å². The average molecular weight is 235 g/mol. The van der Waals surface area contributed by atoms with E-state index in [9.17, 15) is 19.8 Å². The molecule has 0 radical (unpaired) electrons. The van der Waals surface area contributed by atoms with Crippen LogP contribution in [0, 0.1) is 0 Å². The van der Waals surface area contributed by atoms with E-state index in [0.717, 1.165) is 0 Å². The summed E-state index contributed by atoms with van der Waals surface area (Å²) in [4.78, 5) is 21.4. The number of nitrogens with one attached hydrogen (secondary N) is 1. The van der Waals surface area contributed by atoms with Crippen molar-refractivity contribution in [3.63, 3.8) is 0 Å². The molecule has 0 saturated carbocycles. The van der Waals surface area contributed by atoms with Crippen molar-refractivity contribution in [3.05, 3.63) is 0 Å². The summed E-state index contributed by atoms with van der Waals surface area (Å²) in [6.07, 6.45) is -3.60. The van der Waals surface area contributed by atoms with Gasteiger partial charge in [-0.1, -0.05) is 0 Å². The molecule has 0 aromatic rings. The molecule has 0 spiro atoms. The van der Waals surface area contributed by atoms with Gasteiger partial charge in [-0.05, 0) is 0 Å². The lowest BCUT2D eigenvalue weighted by atomic mass is 10.0. The van der Waals surface area contributed by atoms with Gasteiger partial charge in [0, 0.05) is 14.0 Å². The standard InChI is InChI=1S/C9H17NO6/c1-5(13)10-6(3-11)8(15)9(16-2)7(14)4-12/h3,6-9,12,14-15H,4H2,1-2H3,(H,10,13)/t6-,7+,8+,9+/m0/s1. The Morgan fingerprint density at radius 1 is 1.50 bits per heavy atom. The highest BCUT2D eigenvalue weighted by atomic mass is 16.5. The quantitative estimate of drug-likeness (QED) is 0.360. The molecule has 0 aliphatic carbocycles. The number of hydrogen-bond donors (Lipinski definition) is 4. The lowest BCUT2D eigenvalue weighted by molar-refractivity contribution is -0.132. The first kappa shape index (κ1) is 15.0. The molecule has 4 atom stereocenters. The Morgan fingerprint density at radius 2 is 2.06 bits per heavy atom. The fraction of sp³-hybridized carbons (Fsp3) is 0.778. The maximum atomic E-state index is 10.7. The van der Waals surface area contributed by atoms with Crippen LogP contribution in [0.1, 0.15) is 6.92 Å². The smallest absolute Gasteiger partial charge is 0.217 e. The second-order valence-corrected chi connectivity index (χ2v) is 3.30. The molecule has 7 heteroatoms. The van der Waals surface area contributed by atoms with Crippen molar-refractivity contribution < 1.29 is 29.6 Å². The SMILES string of the molecule is CO[C@@H]([C@H](O)[C@H](C=O)NC(C)=O)[C@H](O)CO. The molecule has 0 fully saturated rings. The summed E-state index contributed by atoms with van der Waals surface area (Å²) in [5.41, 5.74) is 0. The first-order valence-corrected chi connectivity index (χ1v) is 4.70. The molecule has 16 heavy (non-hydrogen) atoms. The highest BCUT2D eigenvalue weighted by Crippen LogP contribution is 2.07. The van der Waals surface area contributed by atoms with Gasteiger partial charge < -0.3 is 30.2 Å². The van der Waals surface area contributed by atoms with Gasteiger partial charge >= 0.3 is 0 Å². The fourth-order valence-electron chi connectivity index (χ4n) is 1.27. The number of carbonyl (C=O) groups excluding carboxylic acids is 2. The van der Waals surface area contributed by atoms with E-state index in [-0.39, 0.29) is 0 Å². The molecule has 0 rings (SSSR count). The van der Waals surface area contributed by atoms with Gasteiger partial charge in [-0.3, -0.25) is 4.79 Å². The molecule has 4 N–H and O–H groups in total. The van der Waals surface area contributed by atoms with Gasteiger partial charge in [0.05, 0.1) is 6.61 Å². The van der Waals surface area contributed by atoms with E-state index < -0.39 is 36.9 Å². The average Bonchev–Trinajstić information content (AvgIpc) is 2.25. The van der Waals surface area contributed by atoms with Gasteiger partial charge in [0.1, 0.15) is 30.6 Å². The first-order valence-electron chi connectivity index (χ1n) is 4.70. The Hall–Kier alpha value is -1.02. The molecule has 0 aromatic heterocycles. The van der Waals surface area contributed by atoms with E-state index in [1.807, 2.05) is 0 Å². The lowest BCUT2D eigenvalue weighted by Crippen LogP contribution is -2.53. The molecular formula is C9H17NO6. The number of ether oxygens (including phenoxy) is 1. The second-order valence-electron chi connectivity index (χ2n) is 3.30. The van der Waals surface area contributed by atoms with E-state index in [1.165, 1.54) is 14.0 Å². The third kappa shape index (κ3) is 4.23. The van der Waals surface area contributed by atoms with E-state index in [2.05, 4.69) is 5.32 Å². The molecule has 1 amide bonds. The topological polar surface area (TPSA) is 116 Å². The molecular weight excluding hydrogens is 218 g/mol. The van der Waals surface area contributed by atoms with Crippen molar-refractivity contribution in [1.29, 1.82) is 0 Å². The minimum atomic E-state index is -1.44. The van der Waals surface area contributed by atoms with Crippen LogP contribution in [0.5, 0.6) is 0 Å². The van der Waals surface area contributed by atoms with Crippen molar-refractivity contribution in [2.45, 2.75) is 31.3 Å². The zero-order valence-electron chi connectivity index (χ0n) is 9.16.